The van der Waals surface area contributed by atoms with Gasteiger partial charge in [0.2, 0.25) is 5.91 Å². The third kappa shape index (κ3) is 4.63. The molecule has 1 aromatic carbocycles. The van der Waals surface area contributed by atoms with Crippen LogP contribution in [0, 0.1) is 6.92 Å². The molecule has 0 aliphatic carbocycles. The van der Waals surface area contributed by atoms with Crippen molar-refractivity contribution in [3.05, 3.63) is 41.0 Å². The molecule has 1 amide bonds. The number of amides is 1. The van der Waals surface area contributed by atoms with Crippen molar-refractivity contribution in [3.8, 4) is 10.4 Å². The highest BCUT2D eigenvalue weighted by atomic mass is 32.1. The maximum Gasteiger partial charge on any atom is 0.251 e. The number of carbonyl (C=O) groups excluding carboxylic acids is 1. The second kappa shape index (κ2) is 8.66. The highest BCUT2D eigenvalue weighted by molar-refractivity contribution is 7.13. The number of rotatable bonds is 6. The van der Waals surface area contributed by atoms with E-state index in [0.717, 1.165) is 21.7 Å². The maximum absolute atomic E-state index is 12.7. The fourth-order valence-electron chi connectivity index (χ4n) is 2.94. The van der Waals surface area contributed by atoms with Crippen molar-refractivity contribution >= 4 is 17.2 Å². The van der Waals surface area contributed by atoms with E-state index in [1.165, 1.54) is 4.90 Å². The average Bonchev–Trinajstić information content (AvgIpc) is 3.06. The minimum absolute atomic E-state index is 0.141. The van der Waals surface area contributed by atoms with E-state index < -0.39 is 19.0 Å². The molecule has 0 saturated carbocycles. The Morgan fingerprint density at radius 1 is 1.42 bits per heavy atom. The molecule has 1 atom stereocenters. The summed E-state index contributed by atoms with van der Waals surface area (Å²) in [5.41, 5.74) is 4.84. The first-order valence-electron chi connectivity index (χ1n) is 8.41. The third-order valence-electron chi connectivity index (χ3n) is 4.34. The van der Waals surface area contributed by atoms with Gasteiger partial charge >= 0.3 is 0 Å². The lowest BCUT2D eigenvalue weighted by atomic mass is 10.1. The molecular formula is C18H21F2N3O2S. The Balaban J connectivity index is 1.57. The predicted molar refractivity (Wildman–Crippen MR) is 96.3 cm³/mol. The van der Waals surface area contributed by atoms with E-state index in [1.54, 1.807) is 11.3 Å². The molecule has 1 aliphatic rings. The smallest absolute Gasteiger partial charge is 0.251 e. The molecule has 0 radical (unpaired) electrons. The van der Waals surface area contributed by atoms with Gasteiger partial charge in [-0.2, -0.15) is 0 Å². The number of nitrogens with one attached hydrogen (secondary N) is 1. The van der Waals surface area contributed by atoms with Crippen molar-refractivity contribution in [2.45, 2.75) is 25.9 Å². The second-order valence-corrected chi connectivity index (χ2v) is 7.01. The minimum Gasteiger partial charge on any atom is -0.378 e. The van der Waals surface area contributed by atoms with E-state index >= 15 is 0 Å². The molecule has 0 bridgehead atoms. The van der Waals surface area contributed by atoms with Crippen molar-refractivity contribution < 1.29 is 18.3 Å². The van der Waals surface area contributed by atoms with Crippen molar-refractivity contribution in [1.82, 2.24) is 15.2 Å². The molecule has 2 heterocycles. The first-order valence-corrected chi connectivity index (χ1v) is 9.29. The van der Waals surface area contributed by atoms with Gasteiger partial charge in [-0.1, -0.05) is 24.3 Å². The van der Waals surface area contributed by atoms with Gasteiger partial charge in [0.15, 0.2) is 0 Å². The number of aromatic nitrogens is 1. The van der Waals surface area contributed by atoms with Gasteiger partial charge in [-0.3, -0.25) is 9.69 Å². The lowest BCUT2D eigenvalue weighted by Gasteiger charge is -2.34. The minimum atomic E-state index is -2.47. The lowest BCUT2D eigenvalue weighted by molar-refractivity contribution is -0.134. The molecule has 2 aromatic rings. The van der Waals surface area contributed by atoms with Crippen LogP contribution in [0.2, 0.25) is 0 Å². The van der Waals surface area contributed by atoms with Crippen LogP contribution in [-0.2, 0) is 16.1 Å². The van der Waals surface area contributed by atoms with Gasteiger partial charge < -0.3 is 10.1 Å². The van der Waals surface area contributed by atoms with E-state index in [4.69, 9.17) is 4.74 Å². The fraction of sp³-hybridized carbons (Fsp3) is 0.444. The molecule has 1 aromatic heterocycles. The quantitative estimate of drug-likeness (QED) is 0.836. The highest BCUT2D eigenvalue weighted by Gasteiger charge is 2.30. The number of hydrogen-bond acceptors (Lipinski definition) is 5. The van der Waals surface area contributed by atoms with Gasteiger partial charge in [0.05, 0.1) is 35.8 Å². The second-order valence-electron chi connectivity index (χ2n) is 6.16. The van der Waals surface area contributed by atoms with Gasteiger partial charge in [0.25, 0.3) is 6.43 Å². The van der Waals surface area contributed by atoms with Crippen LogP contribution < -0.4 is 5.32 Å². The summed E-state index contributed by atoms with van der Waals surface area (Å²) in [5.74, 6) is -0.285. The molecule has 0 spiro atoms. The van der Waals surface area contributed by atoms with Crippen LogP contribution in [0.15, 0.2) is 29.8 Å². The molecule has 1 aliphatic heterocycles. The fourth-order valence-corrected chi connectivity index (χ4v) is 3.75. The number of alkyl halides is 2. The van der Waals surface area contributed by atoms with Gasteiger partial charge in [-0.15, -0.1) is 11.3 Å². The molecule has 5 nitrogen and oxygen atoms in total. The number of ether oxygens (including phenoxy) is 1. The molecule has 1 saturated heterocycles. The van der Waals surface area contributed by atoms with E-state index in [9.17, 15) is 13.6 Å². The topological polar surface area (TPSA) is 54.5 Å². The molecule has 3 rings (SSSR count). The zero-order valence-electron chi connectivity index (χ0n) is 14.5. The largest absolute Gasteiger partial charge is 0.378 e. The van der Waals surface area contributed by atoms with E-state index in [1.807, 2.05) is 36.7 Å². The number of aryl methyl sites for hydroxylation is 1. The predicted octanol–water partition coefficient (Wildman–Crippen LogP) is 2.70. The summed E-state index contributed by atoms with van der Waals surface area (Å²) in [5, 5.41) is 2.82. The Morgan fingerprint density at radius 2 is 2.19 bits per heavy atom. The van der Waals surface area contributed by atoms with E-state index in [-0.39, 0.29) is 12.5 Å². The van der Waals surface area contributed by atoms with Crippen molar-refractivity contribution in [3.63, 3.8) is 0 Å². The van der Waals surface area contributed by atoms with Crippen LogP contribution in [0.5, 0.6) is 0 Å². The Bertz CT molecular complexity index is 736. The summed E-state index contributed by atoms with van der Waals surface area (Å²) >= 11 is 1.59. The standard InChI is InChI=1S/C18H21F2N3O2S/c1-12-17(26-11-22-12)14-4-2-13(3-5-14)8-21-18(24)15-10-25-7-6-23(15)9-16(19)20/h2-5,11,15-16H,6-10H2,1H3,(H,21,24). The number of halogens is 2. The van der Waals surface area contributed by atoms with Crippen LogP contribution in [-0.4, -0.2) is 54.6 Å². The summed E-state index contributed by atoms with van der Waals surface area (Å²) < 4.78 is 30.6. The summed E-state index contributed by atoms with van der Waals surface area (Å²) in [6.45, 7) is 2.75. The van der Waals surface area contributed by atoms with Crippen molar-refractivity contribution in [2.24, 2.45) is 0 Å². The molecule has 26 heavy (non-hydrogen) atoms. The summed E-state index contributed by atoms with van der Waals surface area (Å²) in [4.78, 5) is 19.2. The number of hydrogen-bond donors (Lipinski definition) is 1. The Hall–Kier alpha value is -1.90. The summed E-state index contributed by atoms with van der Waals surface area (Å²) in [7, 11) is 0. The Labute approximate surface area is 155 Å². The maximum atomic E-state index is 12.7. The molecular weight excluding hydrogens is 360 g/mol. The van der Waals surface area contributed by atoms with Crippen LogP contribution in [0.4, 0.5) is 8.78 Å². The van der Waals surface area contributed by atoms with Crippen LogP contribution in [0.25, 0.3) is 10.4 Å². The Kier molecular flexibility index (Phi) is 6.29. The van der Waals surface area contributed by atoms with Crippen molar-refractivity contribution in [2.75, 3.05) is 26.3 Å². The van der Waals surface area contributed by atoms with Crippen LogP contribution in [0.1, 0.15) is 11.3 Å². The monoisotopic (exact) mass is 381 g/mol. The molecule has 1 fully saturated rings. The van der Waals surface area contributed by atoms with Crippen LogP contribution in [0.3, 0.4) is 0 Å². The van der Waals surface area contributed by atoms with Gasteiger partial charge in [0, 0.05) is 13.1 Å². The van der Waals surface area contributed by atoms with Gasteiger partial charge in [-0.05, 0) is 18.1 Å². The number of benzene rings is 1. The molecule has 1 unspecified atom stereocenters. The van der Waals surface area contributed by atoms with Gasteiger partial charge in [0.1, 0.15) is 6.04 Å². The van der Waals surface area contributed by atoms with Crippen LogP contribution >= 0.6 is 11.3 Å². The summed E-state index contributed by atoms with van der Waals surface area (Å²) in [6.07, 6.45) is -2.47. The van der Waals surface area contributed by atoms with E-state index in [2.05, 4.69) is 10.3 Å². The number of nitrogens with zero attached hydrogens (tertiary/aromatic N) is 2. The number of carbonyl (C=O) groups is 1. The third-order valence-corrected chi connectivity index (χ3v) is 5.32. The highest BCUT2D eigenvalue weighted by Crippen LogP contribution is 2.27. The van der Waals surface area contributed by atoms with E-state index in [0.29, 0.717) is 19.7 Å². The summed E-state index contributed by atoms with van der Waals surface area (Å²) in [6, 6.07) is 7.22. The first kappa shape index (κ1) is 18.9. The average molecular weight is 381 g/mol. The number of morpholine rings is 1. The zero-order chi connectivity index (χ0) is 18.5. The molecule has 140 valence electrons. The van der Waals surface area contributed by atoms with Crippen molar-refractivity contribution in [1.29, 1.82) is 0 Å². The lowest BCUT2D eigenvalue weighted by Crippen LogP contribution is -2.54. The first-order chi connectivity index (χ1) is 12.5. The molecule has 8 heteroatoms. The molecule has 1 N–H and O–H groups in total. The zero-order valence-corrected chi connectivity index (χ0v) is 15.3. The number of thiazole rings is 1. The Morgan fingerprint density at radius 3 is 2.85 bits per heavy atom. The SMILES string of the molecule is Cc1ncsc1-c1ccc(CNC(=O)C2COCCN2CC(F)F)cc1. The van der Waals surface area contributed by atoms with Gasteiger partial charge in [-0.25, -0.2) is 13.8 Å². The normalized spacial score (nSPS) is 18.2.